The Morgan fingerprint density at radius 2 is 2.20 bits per heavy atom. The smallest absolute Gasteiger partial charge is 0.352 e. The van der Waals surface area contributed by atoms with Gasteiger partial charge in [0, 0.05) is 29.8 Å². The fourth-order valence-electron chi connectivity index (χ4n) is 2.62. The molecule has 1 aliphatic rings. The summed E-state index contributed by atoms with van der Waals surface area (Å²) in [4.78, 5) is 5.70. The number of hydrogen-bond donors (Lipinski definition) is 1. The third-order valence-corrected chi connectivity index (χ3v) is 4.09. The van der Waals surface area contributed by atoms with E-state index in [1.807, 2.05) is 0 Å². The van der Waals surface area contributed by atoms with Crippen LogP contribution in [0.5, 0.6) is 0 Å². The lowest BCUT2D eigenvalue weighted by Gasteiger charge is -2.39. The molecule has 0 radical (unpaired) electrons. The third kappa shape index (κ3) is 3.25. The van der Waals surface area contributed by atoms with Crippen molar-refractivity contribution in [1.29, 1.82) is 0 Å². The zero-order valence-corrected chi connectivity index (χ0v) is 12.7. The number of alkyl halides is 3. The number of rotatable bonds is 2. The van der Waals surface area contributed by atoms with Gasteiger partial charge in [-0.3, -0.25) is 0 Å². The minimum atomic E-state index is -4.42. The molecule has 0 aromatic carbocycles. The lowest BCUT2D eigenvalue weighted by Crippen LogP contribution is -2.47. The number of piperidine rings is 1. The van der Waals surface area contributed by atoms with Crippen LogP contribution in [0.3, 0.4) is 0 Å². The van der Waals surface area contributed by atoms with Crippen LogP contribution in [0.2, 0.25) is 0 Å². The van der Waals surface area contributed by atoms with Gasteiger partial charge in [-0.05, 0) is 40.8 Å². The van der Waals surface area contributed by atoms with E-state index in [2.05, 4.69) is 27.8 Å². The molecule has 1 aromatic heterocycles. The van der Waals surface area contributed by atoms with Gasteiger partial charge in [0.05, 0.1) is 5.56 Å². The predicted octanol–water partition coefficient (Wildman–Crippen LogP) is 3.43. The van der Waals surface area contributed by atoms with E-state index in [0.29, 0.717) is 23.5 Å². The fourth-order valence-corrected chi connectivity index (χ4v) is 2.95. The average Bonchev–Trinajstić information content (AvgIpc) is 2.38. The van der Waals surface area contributed by atoms with Crippen molar-refractivity contribution in [1.82, 2.24) is 4.98 Å². The van der Waals surface area contributed by atoms with Crippen molar-refractivity contribution < 1.29 is 13.2 Å². The Bertz CT molecular complexity index is 478. The number of nitrogens with two attached hydrogens (primary N) is 1. The van der Waals surface area contributed by atoms with E-state index >= 15 is 0 Å². The number of pyridine rings is 1. The molecule has 2 atom stereocenters. The van der Waals surface area contributed by atoms with Crippen LogP contribution in [0.1, 0.15) is 25.3 Å². The first-order valence-electron chi connectivity index (χ1n) is 6.52. The van der Waals surface area contributed by atoms with Gasteiger partial charge in [0.2, 0.25) is 0 Å². The van der Waals surface area contributed by atoms with Gasteiger partial charge in [-0.25, -0.2) is 4.98 Å². The summed E-state index contributed by atoms with van der Waals surface area (Å²) in [6, 6.07) is 0.988. The minimum Gasteiger partial charge on any atom is -0.352 e. The lowest BCUT2D eigenvalue weighted by molar-refractivity contribution is -0.137. The van der Waals surface area contributed by atoms with E-state index in [0.717, 1.165) is 18.9 Å². The second-order valence-electron chi connectivity index (χ2n) is 5.23. The summed E-state index contributed by atoms with van der Waals surface area (Å²) >= 11 is 3.05. The van der Waals surface area contributed by atoms with Crippen molar-refractivity contribution in [2.45, 2.75) is 32.0 Å². The second kappa shape index (κ2) is 5.89. The molecule has 112 valence electrons. The topological polar surface area (TPSA) is 42.2 Å². The van der Waals surface area contributed by atoms with Crippen LogP contribution in [0.25, 0.3) is 0 Å². The monoisotopic (exact) mass is 351 g/mol. The summed E-state index contributed by atoms with van der Waals surface area (Å²) in [5.41, 5.74) is 5.01. The van der Waals surface area contributed by atoms with Crippen LogP contribution in [0.4, 0.5) is 19.0 Å². The van der Waals surface area contributed by atoms with Gasteiger partial charge in [-0.1, -0.05) is 6.92 Å². The predicted molar refractivity (Wildman–Crippen MR) is 75.5 cm³/mol. The molecule has 2 unspecified atom stereocenters. The van der Waals surface area contributed by atoms with Crippen LogP contribution in [-0.4, -0.2) is 24.1 Å². The van der Waals surface area contributed by atoms with Crippen LogP contribution in [-0.2, 0) is 6.18 Å². The molecule has 0 spiro atoms. The summed E-state index contributed by atoms with van der Waals surface area (Å²) < 4.78 is 39.8. The molecule has 2 heterocycles. The highest BCUT2D eigenvalue weighted by Crippen LogP contribution is 2.39. The summed E-state index contributed by atoms with van der Waals surface area (Å²) in [7, 11) is 0. The fraction of sp³-hybridized carbons (Fsp3) is 0.615. The molecule has 0 bridgehead atoms. The maximum absolute atomic E-state index is 13.2. The Balaban J connectivity index is 2.41. The van der Waals surface area contributed by atoms with Gasteiger partial charge in [0.1, 0.15) is 5.82 Å². The summed E-state index contributed by atoms with van der Waals surface area (Å²) in [5.74, 6) is 0.465. The van der Waals surface area contributed by atoms with E-state index in [1.165, 1.54) is 6.20 Å². The maximum Gasteiger partial charge on any atom is 0.419 e. The first-order valence-corrected chi connectivity index (χ1v) is 7.31. The Morgan fingerprint density at radius 3 is 2.80 bits per heavy atom. The highest BCUT2D eigenvalue weighted by Gasteiger charge is 2.38. The molecule has 1 aromatic rings. The van der Waals surface area contributed by atoms with E-state index < -0.39 is 11.7 Å². The largest absolute Gasteiger partial charge is 0.419 e. The Kier molecular flexibility index (Phi) is 4.59. The lowest BCUT2D eigenvalue weighted by atomic mass is 9.92. The molecular weight excluding hydrogens is 335 g/mol. The molecule has 2 rings (SSSR count). The number of hydrogen-bond acceptors (Lipinski definition) is 3. The molecule has 0 aliphatic carbocycles. The molecule has 7 heteroatoms. The number of anilines is 1. The summed E-state index contributed by atoms with van der Waals surface area (Å²) in [6.07, 6.45) is -1.37. The Labute approximate surface area is 124 Å². The molecule has 0 amide bonds. The zero-order chi connectivity index (χ0) is 14.9. The molecule has 1 saturated heterocycles. The van der Waals surface area contributed by atoms with E-state index in [1.54, 1.807) is 4.90 Å². The van der Waals surface area contributed by atoms with Gasteiger partial charge in [-0.2, -0.15) is 13.2 Å². The molecule has 0 saturated carbocycles. The van der Waals surface area contributed by atoms with Crippen molar-refractivity contribution >= 4 is 21.7 Å². The average molecular weight is 352 g/mol. The van der Waals surface area contributed by atoms with E-state index in [4.69, 9.17) is 5.73 Å². The van der Waals surface area contributed by atoms with Crippen molar-refractivity contribution in [2.24, 2.45) is 11.7 Å². The molecule has 20 heavy (non-hydrogen) atoms. The first-order chi connectivity index (χ1) is 9.32. The molecule has 1 fully saturated rings. The third-order valence-electron chi connectivity index (χ3n) is 3.66. The van der Waals surface area contributed by atoms with Crippen molar-refractivity contribution in [3.8, 4) is 0 Å². The highest BCUT2D eigenvalue weighted by atomic mass is 79.9. The molecule has 2 N–H and O–H groups in total. The zero-order valence-electron chi connectivity index (χ0n) is 11.1. The molecule has 1 aliphatic heterocycles. The van der Waals surface area contributed by atoms with Gasteiger partial charge in [0.25, 0.3) is 0 Å². The van der Waals surface area contributed by atoms with Gasteiger partial charge in [-0.15, -0.1) is 0 Å². The number of aromatic nitrogens is 1. The Hall–Kier alpha value is -0.820. The summed E-state index contributed by atoms with van der Waals surface area (Å²) in [5, 5.41) is 0. The van der Waals surface area contributed by atoms with Crippen LogP contribution in [0.15, 0.2) is 16.7 Å². The standard InChI is InChI=1S/C13H17BrF3N3/c1-8-2-3-20(10(4-8)6-18)12-11(13(15,16)17)5-9(14)7-19-12/h5,7-8,10H,2-4,6,18H2,1H3. The van der Waals surface area contributed by atoms with Crippen molar-refractivity contribution in [2.75, 3.05) is 18.0 Å². The van der Waals surface area contributed by atoms with Gasteiger partial charge >= 0.3 is 6.18 Å². The molecular formula is C13H17BrF3N3. The first kappa shape index (κ1) is 15.6. The number of nitrogens with zero attached hydrogens (tertiary/aromatic N) is 2. The second-order valence-corrected chi connectivity index (χ2v) is 6.15. The molecule has 3 nitrogen and oxygen atoms in total. The number of halogens is 4. The van der Waals surface area contributed by atoms with Crippen molar-refractivity contribution in [3.63, 3.8) is 0 Å². The van der Waals surface area contributed by atoms with Gasteiger partial charge in [0.15, 0.2) is 0 Å². The van der Waals surface area contributed by atoms with Crippen molar-refractivity contribution in [3.05, 3.63) is 22.3 Å². The normalized spacial score (nSPS) is 24.0. The van der Waals surface area contributed by atoms with E-state index in [-0.39, 0.29) is 11.9 Å². The Morgan fingerprint density at radius 1 is 1.50 bits per heavy atom. The van der Waals surface area contributed by atoms with E-state index in [9.17, 15) is 13.2 Å². The van der Waals surface area contributed by atoms with Gasteiger partial charge < -0.3 is 10.6 Å². The minimum absolute atomic E-state index is 0.0111. The SMILES string of the molecule is CC1CCN(c2ncc(Br)cc2C(F)(F)F)C(CN)C1. The highest BCUT2D eigenvalue weighted by molar-refractivity contribution is 9.10. The maximum atomic E-state index is 13.2. The van der Waals surface area contributed by atoms with Crippen LogP contribution >= 0.6 is 15.9 Å². The quantitative estimate of drug-likeness (QED) is 0.887. The van der Waals surface area contributed by atoms with Crippen LogP contribution in [0, 0.1) is 5.92 Å². The van der Waals surface area contributed by atoms with Crippen LogP contribution < -0.4 is 10.6 Å². The summed E-state index contributed by atoms with van der Waals surface area (Å²) in [6.45, 7) is 2.99.